The maximum Gasteiger partial charge on any atom is 0.345 e. The molecule has 2 saturated heterocycles. The largest absolute Gasteiger partial charge is 0.368 e. The van der Waals surface area contributed by atoms with Crippen molar-refractivity contribution in [1.29, 1.82) is 0 Å². The number of nitrogens with one attached hydrogen (secondary N) is 1. The minimum atomic E-state index is -0.499. The van der Waals surface area contributed by atoms with Gasteiger partial charge in [0.05, 0.1) is 0 Å². The second kappa shape index (κ2) is 8.65. The summed E-state index contributed by atoms with van der Waals surface area (Å²) < 4.78 is 5.49. The number of H-pyrrole nitrogens is 1. The van der Waals surface area contributed by atoms with Crippen molar-refractivity contribution < 1.29 is 14.3 Å². The molecule has 1 aromatic rings. The van der Waals surface area contributed by atoms with Crippen molar-refractivity contribution in [3.63, 3.8) is 0 Å². The number of amides is 2. The third kappa shape index (κ3) is 4.94. The molecule has 27 heavy (non-hydrogen) atoms. The number of aromatic amines is 1. The Morgan fingerprint density at radius 1 is 1.22 bits per heavy atom. The smallest absolute Gasteiger partial charge is 0.345 e. The Kier molecular flexibility index (Phi) is 6.26. The fourth-order valence-corrected chi connectivity index (χ4v) is 3.65. The van der Waals surface area contributed by atoms with Gasteiger partial charge in [0, 0.05) is 38.5 Å². The van der Waals surface area contributed by atoms with E-state index in [0.717, 1.165) is 18.5 Å². The Bertz CT molecular complexity index is 739. The quantitative estimate of drug-likeness (QED) is 0.839. The lowest BCUT2D eigenvalue weighted by Gasteiger charge is -2.24. The van der Waals surface area contributed by atoms with Crippen LogP contribution in [0.3, 0.4) is 0 Å². The highest BCUT2D eigenvalue weighted by molar-refractivity contribution is 5.92. The molecule has 0 spiro atoms. The number of carbonyl (C=O) groups is 2. The van der Waals surface area contributed by atoms with Gasteiger partial charge in [-0.1, -0.05) is 13.8 Å². The predicted molar refractivity (Wildman–Crippen MR) is 99.5 cm³/mol. The molecule has 0 saturated carbocycles. The van der Waals surface area contributed by atoms with Crippen LogP contribution in [0.15, 0.2) is 10.9 Å². The predicted octanol–water partition coefficient (Wildman–Crippen LogP) is 0.822. The Morgan fingerprint density at radius 3 is 2.67 bits per heavy atom. The van der Waals surface area contributed by atoms with E-state index in [1.807, 2.05) is 0 Å². The van der Waals surface area contributed by atoms with Crippen molar-refractivity contribution in [2.24, 2.45) is 5.92 Å². The minimum Gasteiger partial charge on any atom is -0.368 e. The second-order valence-corrected chi connectivity index (χ2v) is 7.67. The number of aromatic nitrogens is 2. The number of rotatable bonds is 4. The summed E-state index contributed by atoms with van der Waals surface area (Å²) in [4.78, 5) is 47.3. The lowest BCUT2D eigenvalue weighted by atomic mass is 10.1. The molecule has 0 aromatic carbocycles. The standard InChI is InChI=1S/C19H28N4O4/c1-13(2)11-14-12-15(21-19(26)20-14)17(24)22-6-4-7-23(9-8-22)18(25)16-5-3-10-27-16/h12-13,16H,3-11H2,1-2H3,(H,20,21,26)/t16-/m0/s1. The molecule has 1 aromatic heterocycles. The van der Waals surface area contributed by atoms with Crippen molar-refractivity contribution in [1.82, 2.24) is 19.8 Å². The van der Waals surface area contributed by atoms with Crippen LogP contribution in [0.4, 0.5) is 0 Å². The molecule has 2 aliphatic rings. The summed E-state index contributed by atoms with van der Waals surface area (Å²) in [6, 6.07) is 1.67. The molecule has 2 amide bonds. The summed E-state index contributed by atoms with van der Waals surface area (Å²) in [5.74, 6) is 0.134. The third-order valence-electron chi connectivity index (χ3n) is 4.95. The highest BCUT2D eigenvalue weighted by Gasteiger charge is 2.30. The molecular formula is C19H28N4O4. The molecule has 1 N–H and O–H groups in total. The summed E-state index contributed by atoms with van der Waals surface area (Å²) in [7, 11) is 0. The van der Waals surface area contributed by atoms with Gasteiger partial charge >= 0.3 is 5.69 Å². The topological polar surface area (TPSA) is 95.6 Å². The summed E-state index contributed by atoms with van der Waals surface area (Å²) in [6.07, 6.45) is 2.74. The Balaban J connectivity index is 1.66. The molecule has 0 aliphatic carbocycles. The lowest BCUT2D eigenvalue weighted by Crippen LogP contribution is -2.42. The average molecular weight is 376 g/mol. The van der Waals surface area contributed by atoms with Gasteiger partial charge in [-0.05, 0) is 37.7 Å². The van der Waals surface area contributed by atoms with E-state index in [4.69, 9.17) is 4.74 Å². The van der Waals surface area contributed by atoms with E-state index >= 15 is 0 Å². The first-order valence-corrected chi connectivity index (χ1v) is 9.74. The first-order chi connectivity index (χ1) is 12.9. The fraction of sp³-hybridized carbons (Fsp3) is 0.684. The van der Waals surface area contributed by atoms with E-state index in [9.17, 15) is 14.4 Å². The molecule has 2 fully saturated rings. The van der Waals surface area contributed by atoms with Gasteiger partial charge in [-0.2, -0.15) is 4.98 Å². The van der Waals surface area contributed by atoms with Gasteiger partial charge in [-0.3, -0.25) is 9.59 Å². The average Bonchev–Trinajstić information content (AvgIpc) is 3.04. The van der Waals surface area contributed by atoms with Crippen LogP contribution in [-0.2, 0) is 16.0 Å². The van der Waals surface area contributed by atoms with E-state index in [0.29, 0.717) is 51.5 Å². The lowest BCUT2D eigenvalue weighted by molar-refractivity contribution is -0.140. The Morgan fingerprint density at radius 2 is 1.96 bits per heavy atom. The second-order valence-electron chi connectivity index (χ2n) is 7.67. The zero-order valence-corrected chi connectivity index (χ0v) is 16.1. The molecule has 0 radical (unpaired) electrons. The number of hydrogen-bond acceptors (Lipinski definition) is 5. The molecule has 8 heteroatoms. The summed E-state index contributed by atoms with van der Waals surface area (Å²) in [5, 5.41) is 0. The summed E-state index contributed by atoms with van der Waals surface area (Å²) in [6.45, 7) is 6.81. The zero-order chi connectivity index (χ0) is 19.4. The van der Waals surface area contributed by atoms with Crippen molar-refractivity contribution in [2.45, 2.75) is 45.6 Å². The van der Waals surface area contributed by atoms with Crippen LogP contribution in [0.2, 0.25) is 0 Å². The molecule has 8 nitrogen and oxygen atoms in total. The first kappa shape index (κ1) is 19.5. The van der Waals surface area contributed by atoms with Crippen molar-refractivity contribution >= 4 is 11.8 Å². The van der Waals surface area contributed by atoms with Crippen molar-refractivity contribution in [2.75, 3.05) is 32.8 Å². The summed E-state index contributed by atoms with van der Waals surface area (Å²) in [5.41, 5.74) is 0.396. The number of nitrogens with zero attached hydrogens (tertiary/aromatic N) is 3. The van der Waals surface area contributed by atoms with Crippen LogP contribution in [0.1, 0.15) is 49.3 Å². The van der Waals surface area contributed by atoms with Gasteiger partial charge in [-0.15, -0.1) is 0 Å². The molecular weight excluding hydrogens is 348 g/mol. The third-order valence-corrected chi connectivity index (χ3v) is 4.95. The molecule has 1 atom stereocenters. The van der Waals surface area contributed by atoms with Crippen LogP contribution in [-0.4, -0.2) is 70.5 Å². The van der Waals surface area contributed by atoms with Crippen molar-refractivity contribution in [3.8, 4) is 0 Å². The number of carbonyl (C=O) groups excluding carboxylic acids is 2. The molecule has 0 bridgehead atoms. The van der Waals surface area contributed by atoms with E-state index in [1.54, 1.807) is 15.9 Å². The van der Waals surface area contributed by atoms with Crippen LogP contribution >= 0.6 is 0 Å². The molecule has 3 heterocycles. The van der Waals surface area contributed by atoms with Crippen molar-refractivity contribution in [3.05, 3.63) is 27.9 Å². The highest BCUT2D eigenvalue weighted by atomic mass is 16.5. The van der Waals surface area contributed by atoms with Gasteiger partial charge in [0.1, 0.15) is 11.8 Å². The SMILES string of the molecule is CC(C)Cc1cc(C(=O)N2CCCN(C(=O)[C@@H]3CCCO3)CC2)nc(=O)[nH]1. The van der Waals surface area contributed by atoms with E-state index in [-0.39, 0.29) is 23.6 Å². The van der Waals surface area contributed by atoms with Crippen LogP contribution in [0, 0.1) is 5.92 Å². The highest BCUT2D eigenvalue weighted by Crippen LogP contribution is 2.16. The van der Waals surface area contributed by atoms with Gasteiger partial charge in [0.15, 0.2) is 0 Å². The van der Waals surface area contributed by atoms with Gasteiger partial charge < -0.3 is 19.5 Å². The molecule has 3 rings (SSSR count). The number of ether oxygens (including phenoxy) is 1. The Hall–Kier alpha value is -2.22. The first-order valence-electron chi connectivity index (χ1n) is 9.74. The van der Waals surface area contributed by atoms with Gasteiger partial charge in [0.25, 0.3) is 11.8 Å². The fourth-order valence-electron chi connectivity index (χ4n) is 3.65. The molecule has 148 valence electrons. The minimum absolute atomic E-state index is 0.0234. The maximum atomic E-state index is 12.9. The zero-order valence-electron chi connectivity index (χ0n) is 16.1. The molecule has 0 unspecified atom stereocenters. The summed E-state index contributed by atoms with van der Waals surface area (Å²) >= 11 is 0. The van der Waals surface area contributed by atoms with Crippen LogP contribution in [0.25, 0.3) is 0 Å². The van der Waals surface area contributed by atoms with Crippen LogP contribution < -0.4 is 5.69 Å². The van der Waals surface area contributed by atoms with E-state index < -0.39 is 5.69 Å². The maximum absolute atomic E-state index is 12.9. The normalized spacial score (nSPS) is 20.8. The van der Waals surface area contributed by atoms with Crippen LogP contribution in [0.5, 0.6) is 0 Å². The van der Waals surface area contributed by atoms with E-state index in [2.05, 4.69) is 23.8 Å². The van der Waals surface area contributed by atoms with E-state index in [1.165, 1.54) is 0 Å². The van der Waals surface area contributed by atoms with Gasteiger partial charge in [-0.25, -0.2) is 4.79 Å². The molecule has 2 aliphatic heterocycles. The number of hydrogen-bond donors (Lipinski definition) is 1. The monoisotopic (exact) mass is 376 g/mol. The Labute approximate surface area is 158 Å². The van der Waals surface area contributed by atoms with Gasteiger partial charge in [0.2, 0.25) is 0 Å².